The van der Waals surface area contributed by atoms with Crippen LogP contribution in [0, 0.1) is 5.92 Å². The number of hydrogen-bond acceptors (Lipinski definition) is 3. The summed E-state index contributed by atoms with van der Waals surface area (Å²) in [4.78, 5) is 0. The van der Waals surface area contributed by atoms with E-state index in [0.717, 1.165) is 25.7 Å². The van der Waals surface area contributed by atoms with Crippen molar-refractivity contribution in [2.75, 3.05) is 6.61 Å². The summed E-state index contributed by atoms with van der Waals surface area (Å²) in [5.41, 5.74) is 0. The maximum Gasteiger partial charge on any atom is 0.0590 e. The third-order valence-electron chi connectivity index (χ3n) is 2.71. The Morgan fingerprint density at radius 3 is 2.07 bits per heavy atom. The molecule has 3 heteroatoms. The van der Waals surface area contributed by atoms with Gasteiger partial charge in [-0.2, -0.15) is 0 Å². The van der Waals surface area contributed by atoms with Crippen LogP contribution in [0.5, 0.6) is 0 Å². The van der Waals surface area contributed by atoms with Gasteiger partial charge in [-0.25, -0.2) is 0 Å². The van der Waals surface area contributed by atoms with Crippen molar-refractivity contribution in [1.82, 2.24) is 0 Å². The van der Waals surface area contributed by atoms with Gasteiger partial charge in [-0.05, 0) is 25.7 Å². The van der Waals surface area contributed by atoms with Crippen LogP contribution in [0.25, 0.3) is 0 Å². The molecule has 0 unspecified atom stereocenters. The molecule has 0 rings (SSSR count). The average molecular weight is 204 g/mol. The Labute approximate surface area is 86.8 Å². The Bertz CT molecular complexity index is 128. The molecule has 3 nitrogen and oxygen atoms in total. The molecule has 0 fully saturated rings. The van der Waals surface area contributed by atoms with Gasteiger partial charge in [0.15, 0.2) is 0 Å². The molecule has 3 N–H and O–H groups in total. The van der Waals surface area contributed by atoms with E-state index in [2.05, 4.69) is 0 Å². The fraction of sp³-hybridized carbons (Fsp3) is 1.00. The molecule has 0 amide bonds. The first-order chi connectivity index (χ1) is 6.63. The third kappa shape index (κ3) is 5.58. The summed E-state index contributed by atoms with van der Waals surface area (Å²) < 4.78 is 0. The second kappa shape index (κ2) is 8.21. The van der Waals surface area contributed by atoms with E-state index in [4.69, 9.17) is 5.11 Å². The van der Waals surface area contributed by atoms with Gasteiger partial charge in [-0.1, -0.05) is 20.3 Å². The number of aliphatic hydroxyl groups is 3. The lowest BCUT2D eigenvalue weighted by Crippen LogP contribution is -2.29. The molecule has 0 aromatic rings. The number of hydrogen-bond donors (Lipinski definition) is 3. The van der Waals surface area contributed by atoms with E-state index in [1.165, 1.54) is 0 Å². The zero-order valence-corrected chi connectivity index (χ0v) is 9.32. The lowest BCUT2D eigenvalue weighted by Gasteiger charge is -2.23. The van der Waals surface area contributed by atoms with Gasteiger partial charge in [0.2, 0.25) is 0 Å². The normalized spacial score (nSPS) is 17.8. The van der Waals surface area contributed by atoms with Crippen molar-refractivity contribution in [1.29, 1.82) is 0 Å². The highest BCUT2D eigenvalue weighted by molar-refractivity contribution is 4.72. The fourth-order valence-corrected chi connectivity index (χ4v) is 1.54. The van der Waals surface area contributed by atoms with Crippen LogP contribution < -0.4 is 0 Å². The number of rotatable bonds is 8. The molecule has 0 saturated carbocycles. The van der Waals surface area contributed by atoms with Crippen molar-refractivity contribution >= 4 is 0 Å². The Kier molecular flexibility index (Phi) is 8.14. The molecule has 0 radical (unpaired) electrons. The molecule has 0 aromatic heterocycles. The van der Waals surface area contributed by atoms with Crippen molar-refractivity contribution < 1.29 is 15.3 Å². The van der Waals surface area contributed by atoms with Crippen LogP contribution >= 0.6 is 0 Å². The van der Waals surface area contributed by atoms with E-state index in [1.807, 2.05) is 13.8 Å². The van der Waals surface area contributed by atoms with Crippen molar-refractivity contribution in [3.8, 4) is 0 Å². The summed E-state index contributed by atoms with van der Waals surface area (Å²) in [5, 5.41) is 27.9. The monoisotopic (exact) mass is 204 g/mol. The summed E-state index contributed by atoms with van der Waals surface area (Å²) in [6, 6.07) is 0. The van der Waals surface area contributed by atoms with Crippen LogP contribution in [0.1, 0.15) is 46.0 Å². The lowest BCUT2D eigenvalue weighted by molar-refractivity contribution is 0.0119. The highest BCUT2D eigenvalue weighted by atomic mass is 16.3. The zero-order chi connectivity index (χ0) is 11.0. The smallest absolute Gasteiger partial charge is 0.0590 e. The summed E-state index contributed by atoms with van der Waals surface area (Å²) in [5.74, 6) is -0.0614. The van der Waals surface area contributed by atoms with Gasteiger partial charge >= 0.3 is 0 Å². The van der Waals surface area contributed by atoms with Crippen LogP contribution in [0.2, 0.25) is 0 Å². The van der Waals surface area contributed by atoms with E-state index in [-0.39, 0.29) is 12.5 Å². The van der Waals surface area contributed by atoms with Crippen LogP contribution in [0.15, 0.2) is 0 Å². The molecule has 3 atom stereocenters. The van der Waals surface area contributed by atoms with E-state index in [1.54, 1.807) is 0 Å². The van der Waals surface area contributed by atoms with Crippen molar-refractivity contribution in [3.05, 3.63) is 0 Å². The van der Waals surface area contributed by atoms with Crippen molar-refractivity contribution in [3.63, 3.8) is 0 Å². The predicted molar refractivity (Wildman–Crippen MR) is 57.0 cm³/mol. The second-order valence-electron chi connectivity index (χ2n) is 4.00. The minimum atomic E-state index is -0.442. The van der Waals surface area contributed by atoms with E-state index < -0.39 is 12.2 Å². The molecule has 0 bridgehead atoms. The molecule has 86 valence electrons. The predicted octanol–water partition coefficient (Wildman–Crippen LogP) is 1.31. The lowest BCUT2D eigenvalue weighted by atomic mass is 9.92. The molecule has 0 aromatic carbocycles. The van der Waals surface area contributed by atoms with Gasteiger partial charge in [0.05, 0.1) is 12.2 Å². The first kappa shape index (κ1) is 13.9. The Morgan fingerprint density at radius 1 is 1.00 bits per heavy atom. The van der Waals surface area contributed by atoms with E-state index >= 15 is 0 Å². The largest absolute Gasteiger partial charge is 0.396 e. The van der Waals surface area contributed by atoms with Crippen LogP contribution in [0.4, 0.5) is 0 Å². The summed E-state index contributed by atoms with van der Waals surface area (Å²) >= 11 is 0. The molecule has 0 aliphatic rings. The molecule has 0 aliphatic heterocycles. The maximum absolute atomic E-state index is 9.70. The maximum atomic E-state index is 9.70. The highest BCUT2D eigenvalue weighted by Crippen LogP contribution is 2.17. The second-order valence-corrected chi connectivity index (χ2v) is 4.00. The number of aliphatic hydroxyl groups excluding tert-OH is 3. The summed E-state index contributed by atoms with van der Waals surface area (Å²) in [6.07, 6.45) is 3.07. The quantitative estimate of drug-likeness (QED) is 0.522. The SMILES string of the molecule is CCC[C@@H](O)[C@@H](C)[C@@H](O)CCCCO. The molecular weight excluding hydrogens is 180 g/mol. The van der Waals surface area contributed by atoms with Crippen LogP contribution in [0.3, 0.4) is 0 Å². The molecule has 0 heterocycles. The topological polar surface area (TPSA) is 60.7 Å². The van der Waals surface area contributed by atoms with Crippen LogP contribution in [-0.2, 0) is 0 Å². The zero-order valence-electron chi connectivity index (χ0n) is 9.32. The van der Waals surface area contributed by atoms with Gasteiger partial charge in [-0.15, -0.1) is 0 Å². The van der Waals surface area contributed by atoms with Crippen molar-refractivity contribution in [2.24, 2.45) is 5.92 Å². The average Bonchev–Trinajstić information content (AvgIpc) is 2.17. The standard InChI is InChI=1S/C11H24O3/c1-3-6-10(13)9(2)11(14)7-4-5-8-12/h9-14H,3-8H2,1-2H3/t9-,10-,11+/m1/s1. The van der Waals surface area contributed by atoms with Gasteiger partial charge in [0.25, 0.3) is 0 Å². The Morgan fingerprint density at radius 2 is 1.57 bits per heavy atom. The molecule has 0 saturated heterocycles. The Balaban J connectivity index is 3.68. The molecule has 14 heavy (non-hydrogen) atoms. The van der Waals surface area contributed by atoms with Gasteiger partial charge in [-0.3, -0.25) is 0 Å². The van der Waals surface area contributed by atoms with Gasteiger partial charge in [0.1, 0.15) is 0 Å². The van der Waals surface area contributed by atoms with E-state index in [9.17, 15) is 10.2 Å². The van der Waals surface area contributed by atoms with Gasteiger partial charge in [0, 0.05) is 12.5 Å². The van der Waals surface area contributed by atoms with Gasteiger partial charge < -0.3 is 15.3 Å². The van der Waals surface area contributed by atoms with Crippen LogP contribution in [-0.4, -0.2) is 34.1 Å². The first-order valence-electron chi connectivity index (χ1n) is 5.60. The summed E-state index contributed by atoms with van der Waals surface area (Å²) in [7, 11) is 0. The fourth-order valence-electron chi connectivity index (χ4n) is 1.54. The summed E-state index contributed by atoms with van der Waals surface area (Å²) in [6.45, 7) is 4.08. The first-order valence-corrected chi connectivity index (χ1v) is 5.60. The number of unbranched alkanes of at least 4 members (excludes halogenated alkanes) is 1. The molecule has 0 spiro atoms. The van der Waals surface area contributed by atoms with E-state index in [0.29, 0.717) is 6.42 Å². The molecule has 0 aliphatic carbocycles. The Hall–Kier alpha value is -0.120. The van der Waals surface area contributed by atoms with Crippen molar-refractivity contribution in [2.45, 2.75) is 58.2 Å². The molecular formula is C11H24O3. The third-order valence-corrected chi connectivity index (χ3v) is 2.71. The highest BCUT2D eigenvalue weighted by Gasteiger charge is 2.20. The minimum Gasteiger partial charge on any atom is -0.396 e. The minimum absolute atomic E-state index is 0.0614.